The van der Waals surface area contributed by atoms with Crippen molar-refractivity contribution in [3.8, 4) is 0 Å². The van der Waals surface area contributed by atoms with Crippen molar-refractivity contribution in [1.82, 2.24) is 0 Å². The first-order valence-electron chi connectivity index (χ1n) is 9.76. The van der Waals surface area contributed by atoms with E-state index >= 15 is 0 Å². The van der Waals surface area contributed by atoms with Gasteiger partial charge in [-0.2, -0.15) is 0 Å². The summed E-state index contributed by atoms with van der Waals surface area (Å²) >= 11 is 0. The van der Waals surface area contributed by atoms with E-state index in [4.69, 9.17) is 14.8 Å². The highest BCUT2D eigenvalue weighted by Gasteiger charge is 2.38. The smallest absolute Gasteiger partial charge is 0.328 e. The number of hydrogen-bond acceptors (Lipinski definition) is 4. The molecule has 6 heteroatoms. The monoisotopic (exact) mass is 365 g/mol. The first-order chi connectivity index (χ1) is 11.4. The molecule has 0 bridgehead atoms. The average Bonchev–Trinajstić information content (AvgIpc) is 2.57. The van der Waals surface area contributed by atoms with Crippen LogP contribution in [0, 0.1) is 5.92 Å². The lowest BCUT2D eigenvalue weighted by atomic mass is 9.91. The molecule has 0 aliphatic heterocycles. The predicted octanol–water partition coefficient (Wildman–Crippen LogP) is 5.41. The topological polar surface area (TPSA) is 81.8 Å². The molecule has 0 saturated carbocycles. The summed E-state index contributed by atoms with van der Waals surface area (Å²) in [5, 5.41) is 0. The van der Waals surface area contributed by atoms with Gasteiger partial charge in [-0.1, -0.05) is 72.6 Å². The Kier molecular flexibility index (Phi) is 13.3. The maximum atomic E-state index is 12.5. The lowest BCUT2D eigenvalue weighted by Gasteiger charge is -2.34. The van der Waals surface area contributed by atoms with E-state index in [9.17, 15) is 9.46 Å². The molecule has 0 spiro atoms. The van der Waals surface area contributed by atoms with Crippen molar-refractivity contribution in [3.05, 3.63) is 0 Å². The van der Waals surface area contributed by atoms with Crippen LogP contribution in [0.25, 0.3) is 0 Å². The third kappa shape index (κ3) is 10.1. The summed E-state index contributed by atoms with van der Waals surface area (Å²) in [5.41, 5.74) is 5.18. The van der Waals surface area contributed by atoms with Gasteiger partial charge >= 0.3 is 7.82 Å². The van der Waals surface area contributed by atoms with Gasteiger partial charge in [0.05, 0.1) is 12.2 Å². The zero-order valence-corrected chi connectivity index (χ0v) is 17.2. The molecule has 0 radical (unpaired) electrons. The average molecular weight is 365 g/mol. The van der Waals surface area contributed by atoms with Crippen molar-refractivity contribution >= 4 is 7.82 Å². The third-order valence-electron chi connectivity index (χ3n) is 4.67. The Morgan fingerprint density at radius 1 is 1.04 bits per heavy atom. The number of hydrogen-bond donors (Lipinski definition) is 2. The molecule has 0 aromatic carbocycles. The van der Waals surface area contributed by atoms with E-state index in [2.05, 4.69) is 27.7 Å². The first-order valence-corrected chi connectivity index (χ1v) is 11.3. The Morgan fingerprint density at radius 3 is 2.00 bits per heavy atom. The number of rotatable bonds is 16. The van der Waals surface area contributed by atoms with Crippen LogP contribution >= 0.6 is 7.82 Å². The molecule has 146 valence electrons. The molecule has 0 aromatic rings. The summed E-state index contributed by atoms with van der Waals surface area (Å²) in [4.78, 5) is 10.2. The largest absolute Gasteiger partial charge is 0.472 e. The Hall–Kier alpha value is 0.0700. The molecule has 0 rings (SSSR count). The molecular weight excluding hydrogens is 325 g/mol. The Labute approximate surface area is 149 Å². The van der Waals surface area contributed by atoms with Crippen LogP contribution in [0.2, 0.25) is 0 Å². The summed E-state index contributed by atoms with van der Waals surface area (Å²) < 4.78 is 23.4. The molecule has 24 heavy (non-hydrogen) atoms. The SMILES string of the molecule is CCCCC(CC)COP(=O)(O)OC(CN)(CCCC)CCCC. The molecule has 2 atom stereocenters. The van der Waals surface area contributed by atoms with Crippen LogP contribution in [0.15, 0.2) is 0 Å². The molecule has 0 aromatic heterocycles. The van der Waals surface area contributed by atoms with Crippen molar-refractivity contribution in [1.29, 1.82) is 0 Å². The Bertz CT molecular complexity index is 344. The lowest BCUT2D eigenvalue weighted by molar-refractivity contribution is 0.00757. The second-order valence-corrected chi connectivity index (χ2v) is 8.24. The summed E-state index contributed by atoms with van der Waals surface area (Å²) in [7, 11) is -4.09. The molecule has 0 saturated heterocycles. The minimum atomic E-state index is -4.09. The summed E-state index contributed by atoms with van der Waals surface area (Å²) in [6, 6.07) is 0. The zero-order valence-electron chi connectivity index (χ0n) is 16.3. The van der Waals surface area contributed by atoms with Crippen LogP contribution in [-0.2, 0) is 13.6 Å². The molecule has 5 nitrogen and oxygen atoms in total. The molecular formula is C18H40NO4P. The van der Waals surface area contributed by atoms with Crippen molar-refractivity contribution in [2.45, 2.75) is 97.5 Å². The summed E-state index contributed by atoms with van der Waals surface area (Å²) in [6.07, 6.45) is 9.43. The van der Waals surface area contributed by atoms with Gasteiger partial charge in [0.1, 0.15) is 0 Å². The maximum Gasteiger partial charge on any atom is 0.472 e. The van der Waals surface area contributed by atoms with Gasteiger partial charge in [-0.3, -0.25) is 9.05 Å². The van der Waals surface area contributed by atoms with Crippen LogP contribution in [-0.4, -0.2) is 23.6 Å². The second-order valence-electron chi connectivity index (χ2n) is 6.87. The van der Waals surface area contributed by atoms with E-state index in [0.29, 0.717) is 18.8 Å². The maximum absolute atomic E-state index is 12.5. The van der Waals surface area contributed by atoms with E-state index in [1.165, 1.54) is 0 Å². The van der Waals surface area contributed by atoms with E-state index in [-0.39, 0.29) is 13.2 Å². The van der Waals surface area contributed by atoms with E-state index < -0.39 is 13.4 Å². The predicted molar refractivity (Wildman–Crippen MR) is 101 cm³/mol. The van der Waals surface area contributed by atoms with Gasteiger partial charge in [0.2, 0.25) is 0 Å². The van der Waals surface area contributed by atoms with Gasteiger partial charge in [0, 0.05) is 6.54 Å². The van der Waals surface area contributed by atoms with E-state index in [1.54, 1.807) is 0 Å². The molecule has 0 amide bonds. The van der Waals surface area contributed by atoms with Gasteiger partial charge in [0.25, 0.3) is 0 Å². The van der Waals surface area contributed by atoms with Crippen molar-refractivity contribution in [2.75, 3.05) is 13.2 Å². The Balaban J connectivity index is 4.78. The second kappa shape index (κ2) is 13.3. The molecule has 0 fully saturated rings. The van der Waals surface area contributed by atoms with Gasteiger partial charge in [0.15, 0.2) is 0 Å². The standard InChI is InChI=1S/C18H40NO4P/c1-5-9-12-17(8-4)15-22-24(20,21)23-18(16-19,13-10-6-2)14-11-7-3/h17H,5-16,19H2,1-4H3,(H,20,21). The van der Waals surface area contributed by atoms with Gasteiger partial charge < -0.3 is 10.6 Å². The summed E-state index contributed by atoms with van der Waals surface area (Å²) in [6.45, 7) is 8.93. The van der Waals surface area contributed by atoms with E-state index in [0.717, 1.165) is 51.4 Å². The molecule has 3 N–H and O–H groups in total. The molecule has 0 heterocycles. The van der Waals surface area contributed by atoms with Crippen molar-refractivity contribution in [2.24, 2.45) is 11.7 Å². The number of phosphoric ester groups is 1. The fourth-order valence-electron chi connectivity index (χ4n) is 2.82. The fourth-order valence-corrected chi connectivity index (χ4v) is 4.02. The molecule has 2 unspecified atom stereocenters. The van der Waals surface area contributed by atoms with Crippen LogP contribution < -0.4 is 5.73 Å². The minimum absolute atomic E-state index is 0.244. The van der Waals surface area contributed by atoms with Gasteiger partial charge in [-0.25, -0.2) is 4.57 Å². The Morgan fingerprint density at radius 2 is 1.58 bits per heavy atom. The number of nitrogens with two attached hydrogens (primary N) is 1. The number of phosphoric acid groups is 1. The lowest BCUT2D eigenvalue weighted by Crippen LogP contribution is -2.40. The van der Waals surface area contributed by atoms with E-state index in [1.807, 2.05) is 0 Å². The highest BCUT2D eigenvalue weighted by Crippen LogP contribution is 2.50. The zero-order chi connectivity index (χ0) is 18.5. The minimum Gasteiger partial charge on any atom is -0.328 e. The van der Waals surface area contributed by atoms with Crippen LogP contribution in [0.1, 0.15) is 91.9 Å². The van der Waals surface area contributed by atoms with Crippen LogP contribution in [0.3, 0.4) is 0 Å². The highest BCUT2D eigenvalue weighted by atomic mass is 31.2. The van der Waals surface area contributed by atoms with Crippen molar-refractivity contribution in [3.63, 3.8) is 0 Å². The third-order valence-corrected chi connectivity index (χ3v) is 5.76. The van der Waals surface area contributed by atoms with Crippen LogP contribution in [0.4, 0.5) is 0 Å². The fraction of sp³-hybridized carbons (Fsp3) is 1.00. The van der Waals surface area contributed by atoms with Gasteiger partial charge in [-0.05, 0) is 25.2 Å². The van der Waals surface area contributed by atoms with Crippen LogP contribution in [0.5, 0.6) is 0 Å². The van der Waals surface area contributed by atoms with Crippen molar-refractivity contribution < 1.29 is 18.5 Å². The first kappa shape index (κ1) is 24.1. The normalized spacial score (nSPS) is 16.1. The quantitative estimate of drug-likeness (QED) is 0.357. The van der Waals surface area contributed by atoms with Gasteiger partial charge in [-0.15, -0.1) is 0 Å². The summed E-state index contributed by atoms with van der Waals surface area (Å²) in [5.74, 6) is 0.299. The highest BCUT2D eigenvalue weighted by molar-refractivity contribution is 7.47. The molecule has 0 aliphatic rings. The number of unbranched alkanes of at least 4 members (excludes halogenated alkanes) is 3. The molecule has 0 aliphatic carbocycles.